The number of piperidine rings is 1. The zero-order chi connectivity index (χ0) is 18.6. The molecule has 3 aromatic rings. The fourth-order valence-electron chi connectivity index (χ4n) is 3.69. The molecule has 5 nitrogen and oxygen atoms in total. The molecule has 0 aliphatic carbocycles. The molecule has 1 fully saturated rings. The molecule has 0 saturated carbocycles. The van der Waals surface area contributed by atoms with Gasteiger partial charge in [-0.15, -0.1) is 0 Å². The molecule has 2 heterocycles. The van der Waals surface area contributed by atoms with Gasteiger partial charge in [-0.2, -0.15) is 5.10 Å². The van der Waals surface area contributed by atoms with E-state index in [9.17, 15) is 4.79 Å². The number of nitrogens with zero attached hydrogens (tertiary/aromatic N) is 3. The van der Waals surface area contributed by atoms with Crippen LogP contribution in [-0.2, 0) is 11.3 Å². The first-order valence-electron chi connectivity index (χ1n) is 9.42. The van der Waals surface area contributed by atoms with E-state index in [4.69, 9.17) is 10.8 Å². The molecule has 138 valence electrons. The predicted molar refractivity (Wildman–Crippen MR) is 106 cm³/mol. The summed E-state index contributed by atoms with van der Waals surface area (Å²) in [5, 5.41) is 4.88. The summed E-state index contributed by atoms with van der Waals surface area (Å²) in [5.74, 6) is -0.154. The lowest BCUT2D eigenvalue weighted by molar-refractivity contribution is -0.123. The van der Waals surface area contributed by atoms with Crippen molar-refractivity contribution in [2.24, 2.45) is 11.7 Å². The molecule has 2 aromatic carbocycles. The number of hydrogen-bond donors (Lipinski definition) is 1. The number of primary amides is 1. The van der Waals surface area contributed by atoms with Crippen LogP contribution in [0.4, 0.5) is 0 Å². The van der Waals surface area contributed by atoms with Crippen molar-refractivity contribution in [1.82, 2.24) is 14.7 Å². The molecule has 0 unspecified atom stereocenters. The second-order valence-electron chi connectivity index (χ2n) is 7.10. The molecule has 0 spiro atoms. The van der Waals surface area contributed by atoms with Crippen molar-refractivity contribution in [3.8, 4) is 16.9 Å². The van der Waals surface area contributed by atoms with E-state index in [2.05, 4.69) is 35.4 Å². The molecule has 1 aliphatic heterocycles. The van der Waals surface area contributed by atoms with Gasteiger partial charge in [0.15, 0.2) is 0 Å². The molecule has 27 heavy (non-hydrogen) atoms. The largest absolute Gasteiger partial charge is 0.369 e. The molecule has 0 bridgehead atoms. The van der Waals surface area contributed by atoms with E-state index in [1.807, 2.05) is 41.1 Å². The van der Waals surface area contributed by atoms with Crippen molar-refractivity contribution in [2.45, 2.75) is 19.4 Å². The number of carbonyl (C=O) groups is 1. The number of aromatic nitrogens is 2. The summed E-state index contributed by atoms with van der Waals surface area (Å²) in [4.78, 5) is 13.8. The zero-order valence-electron chi connectivity index (χ0n) is 15.3. The van der Waals surface area contributed by atoms with E-state index in [0.29, 0.717) is 0 Å². The van der Waals surface area contributed by atoms with Crippen LogP contribution < -0.4 is 5.73 Å². The first-order chi connectivity index (χ1) is 13.2. The average molecular weight is 360 g/mol. The first-order valence-corrected chi connectivity index (χ1v) is 9.42. The molecular formula is C22H24N4O. The fourth-order valence-corrected chi connectivity index (χ4v) is 3.69. The Morgan fingerprint density at radius 3 is 2.26 bits per heavy atom. The maximum absolute atomic E-state index is 11.4. The van der Waals surface area contributed by atoms with E-state index in [1.165, 1.54) is 5.56 Å². The molecule has 5 heteroatoms. The highest BCUT2D eigenvalue weighted by atomic mass is 16.1. The number of nitrogens with two attached hydrogens (primary N) is 1. The van der Waals surface area contributed by atoms with Crippen LogP contribution in [0.5, 0.6) is 0 Å². The van der Waals surface area contributed by atoms with Gasteiger partial charge in [0.1, 0.15) is 0 Å². The molecule has 1 saturated heterocycles. The van der Waals surface area contributed by atoms with Crippen molar-refractivity contribution >= 4 is 5.91 Å². The van der Waals surface area contributed by atoms with E-state index in [-0.39, 0.29) is 11.8 Å². The van der Waals surface area contributed by atoms with Crippen molar-refractivity contribution in [3.63, 3.8) is 0 Å². The Hall–Kier alpha value is -2.92. The summed E-state index contributed by atoms with van der Waals surface area (Å²) >= 11 is 0. The molecule has 2 N–H and O–H groups in total. The van der Waals surface area contributed by atoms with E-state index in [0.717, 1.165) is 49.4 Å². The minimum Gasteiger partial charge on any atom is -0.369 e. The Morgan fingerprint density at radius 2 is 1.63 bits per heavy atom. The third-order valence-corrected chi connectivity index (χ3v) is 5.24. The van der Waals surface area contributed by atoms with Crippen molar-refractivity contribution in [2.75, 3.05) is 13.1 Å². The van der Waals surface area contributed by atoms with Gasteiger partial charge in [0.05, 0.1) is 11.4 Å². The molecular weight excluding hydrogens is 336 g/mol. The normalized spacial score (nSPS) is 15.7. The Kier molecular flexibility index (Phi) is 5.03. The SMILES string of the molecule is NC(=O)C1CCN(Cc2cn(-c3ccccc3)nc2-c2ccccc2)CC1. The number of carbonyl (C=O) groups excluding carboxylic acids is 1. The van der Waals surface area contributed by atoms with Crippen molar-refractivity contribution in [3.05, 3.63) is 72.4 Å². The van der Waals surface area contributed by atoms with Crippen molar-refractivity contribution in [1.29, 1.82) is 0 Å². The molecule has 1 aromatic heterocycles. The highest BCUT2D eigenvalue weighted by Crippen LogP contribution is 2.26. The number of benzene rings is 2. The van der Waals surface area contributed by atoms with Crippen LogP contribution in [-0.4, -0.2) is 33.7 Å². The lowest BCUT2D eigenvalue weighted by atomic mass is 9.96. The van der Waals surface area contributed by atoms with Gasteiger partial charge in [0, 0.05) is 29.8 Å². The van der Waals surface area contributed by atoms with Crippen LogP contribution in [0.15, 0.2) is 66.9 Å². The topological polar surface area (TPSA) is 64.2 Å². The van der Waals surface area contributed by atoms with Gasteiger partial charge in [0.25, 0.3) is 0 Å². The minimum atomic E-state index is -0.170. The summed E-state index contributed by atoms with van der Waals surface area (Å²) in [6, 6.07) is 20.5. The number of hydrogen-bond acceptors (Lipinski definition) is 3. The molecule has 4 rings (SSSR count). The van der Waals surface area contributed by atoms with Gasteiger partial charge in [-0.1, -0.05) is 48.5 Å². The van der Waals surface area contributed by atoms with E-state index in [1.54, 1.807) is 0 Å². The first kappa shape index (κ1) is 17.5. The Bertz CT molecular complexity index is 897. The number of rotatable bonds is 5. The lowest BCUT2D eigenvalue weighted by Gasteiger charge is -2.30. The summed E-state index contributed by atoms with van der Waals surface area (Å²) < 4.78 is 1.95. The highest BCUT2D eigenvalue weighted by Gasteiger charge is 2.24. The van der Waals surface area contributed by atoms with Crippen LogP contribution in [0.2, 0.25) is 0 Å². The Labute approximate surface area is 159 Å². The van der Waals surface area contributed by atoms with Gasteiger partial charge in [0.2, 0.25) is 5.91 Å². The van der Waals surface area contributed by atoms with Crippen LogP contribution in [0.1, 0.15) is 18.4 Å². The van der Waals surface area contributed by atoms with Crippen LogP contribution in [0.3, 0.4) is 0 Å². The quantitative estimate of drug-likeness (QED) is 0.760. The van der Waals surface area contributed by atoms with Gasteiger partial charge in [-0.3, -0.25) is 9.69 Å². The zero-order valence-corrected chi connectivity index (χ0v) is 15.3. The van der Waals surface area contributed by atoms with E-state index < -0.39 is 0 Å². The number of para-hydroxylation sites is 1. The number of likely N-dealkylation sites (tertiary alicyclic amines) is 1. The van der Waals surface area contributed by atoms with Crippen LogP contribution >= 0.6 is 0 Å². The summed E-state index contributed by atoms with van der Waals surface area (Å²) in [6.45, 7) is 2.60. The van der Waals surface area contributed by atoms with Gasteiger partial charge in [-0.05, 0) is 38.1 Å². The Balaban J connectivity index is 1.61. The van der Waals surface area contributed by atoms with Gasteiger partial charge >= 0.3 is 0 Å². The molecule has 1 aliphatic rings. The maximum Gasteiger partial charge on any atom is 0.220 e. The van der Waals surface area contributed by atoms with Crippen molar-refractivity contribution < 1.29 is 4.79 Å². The maximum atomic E-state index is 11.4. The minimum absolute atomic E-state index is 0.0156. The average Bonchev–Trinajstić information content (AvgIpc) is 3.13. The molecule has 0 radical (unpaired) electrons. The molecule has 0 atom stereocenters. The van der Waals surface area contributed by atoms with Gasteiger partial charge < -0.3 is 5.73 Å². The summed E-state index contributed by atoms with van der Waals surface area (Å²) in [5.41, 5.74) is 9.84. The second-order valence-corrected chi connectivity index (χ2v) is 7.10. The second kappa shape index (κ2) is 7.76. The standard InChI is InChI=1S/C22H24N4O/c23-22(27)18-11-13-25(14-12-18)15-19-16-26(20-9-5-2-6-10-20)24-21(19)17-7-3-1-4-8-17/h1-10,16,18H,11-15H2,(H2,23,27). The van der Waals surface area contributed by atoms with E-state index >= 15 is 0 Å². The van der Waals surface area contributed by atoms with Crippen LogP contribution in [0.25, 0.3) is 16.9 Å². The van der Waals surface area contributed by atoms with Crippen LogP contribution in [0, 0.1) is 5.92 Å². The summed E-state index contributed by atoms with van der Waals surface area (Å²) in [7, 11) is 0. The third kappa shape index (κ3) is 3.93. The monoisotopic (exact) mass is 360 g/mol. The predicted octanol–water partition coefficient (Wildman–Crippen LogP) is 3.24. The third-order valence-electron chi connectivity index (χ3n) is 5.24. The van der Waals surface area contributed by atoms with Gasteiger partial charge in [-0.25, -0.2) is 4.68 Å². The molecule has 1 amide bonds. The smallest absolute Gasteiger partial charge is 0.220 e. The lowest BCUT2D eigenvalue weighted by Crippen LogP contribution is -2.38. The summed E-state index contributed by atoms with van der Waals surface area (Å²) in [6.07, 6.45) is 3.80. The highest BCUT2D eigenvalue weighted by molar-refractivity contribution is 5.76. The number of amides is 1. The fraction of sp³-hybridized carbons (Fsp3) is 0.273. The Morgan fingerprint density at radius 1 is 1.00 bits per heavy atom.